The van der Waals surface area contributed by atoms with Crippen molar-refractivity contribution in [2.75, 3.05) is 26.4 Å². The lowest BCUT2D eigenvalue weighted by molar-refractivity contribution is 0.331. The molecule has 1 N–H and O–H groups in total. The molecule has 4 nitrogen and oxygen atoms in total. The van der Waals surface area contributed by atoms with Gasteiger partial charge in [-0.2, -0.15) is 0 Å². The van der Waals surface area contributed by atoms with Crippen LogP contribution in [0.5, 0.6) is 0 Å². The number of rotatable bonds is 2. The molecule has 1 unspecified atom stereocenters. The Hall–Kier alpha value is -0.130. The fourth-order valence-electron chi connectivity index (χ4n) is 2.50. The highest BCUT2D eigenvalue weighted by Gasteiger charge is 2.51. The monoisotopic (exact) mass is 218 g/mol. The third kappa shape index (κ3) is 2.27. The van der Waals surface area contributed by atoms with Gasteiger partial charge in [-0.3, -0.25) is 0 Å². The lowest BCUT2D eigenvalue weighted by atomic mass is 10.2. The Morgan fingerprint density at radius 3 is 2.14 bits per heavy atom. The highest BCUT2D eigenvalue weighted by atomic mass is 32.2. The number of nitrogens with zero attached hydrogens (tertiary/aromatic N) is 1. The molecule has 1 saturated heterocycles. The lowest BCUT2D eigenvalue weighted by Gasteiger charge is -2.14. The van der Waals surface area contributed by atoms with Gasteiger partial charge in [0.15, 0.2) is 0 Å². The van der Waals surface area contributed by atoms with Gasteiger partial charge in [-0.15, -0.1) is 0 Å². The molecule has 1 heterocycles. The quantitative estimate of drug-likeness (QED) is 0.703. The summed E-state index contributed by atoms with van der Waals surface area (Å²) in [5, 5.41) is 0. The molecule has 2 fully saturated rings. The minimum absolute atomic E-state index is 0.235. The van der Waals surface area contributed by atoms with Crippen molar-refractivity contribution in [3.05, 3.63) is 0 Å². The molecule has 1 aliphatic heterocycles. The first-order chi connectivity index (χ1) is 6.47. The Labute approximate surface area is 85.7 Å². The van der Waals surface area contributed by atoms with Crippen LogP contribution in [-0.2, 0) is 10.0 Å². The zero-order chi connectivity index (χ0) is 10.3. The number of hydrogen-bond acceptors (Lipinski definition) is 3. The summed E-state index contributed by atoms with van der Waals surface area (Å²) in [6.07, 6.45) is 3.51. The van der Waals surface area contributed by atoms with Crippen molar-refractivity contribution in [2.45, 2.75) is 18.9 Å². The van der Waals surface area contributed by atoms with Crippen molar-refractivity contribution in [3.8, 4) is 0 Å². The molecule has 0 bridgehead atoms. The second-order valence-electron chi connectivity index (χ2n) is 4.62. The summed E-state index contributed by atoms with van der Waals surface area (Å²) in [6, 6.07) is 0.235. The van der Waals surface area contributed by atoms with Gasteiger partial charge in [-0.05, 0) is 44.8 Å². The first kappa shape index (κ1) is 10.4. The summed E-state index contributed by atoms with van der Waals surface area (Å²) in [5.41, 5.74) is 0. The van der Waals surface area contributed by atoms with Crippen LogP contribution in [0.3, 0.4) is 0 Å². The van der Waals surface area contributed by atoms with Gasteiger partial charge >= 0.3 is 0 Å². The predicted molar refractivity (Wildman–Crippen MR) is 55.5 cm³/mol. The van der Waals surface area contributed by atoms with E-state index in [-0.39, 0.29) is 6.04 Å². The van der Waals surface area contributed by atoms with E-state index in [4.69, 9.17) is 0 Å². The van der Waals surface area contributed by atoms with Crippen LogP contribution in [0, 0.1) is 11.8 Å². The Balaban J connectivity index is 1.91. The smallest absolute Gasteiger partial charge is 0.208 e. The molecule has 14 heavy (non-hydrogen) atoms. The van der Waals surface area contributed by atoms with Gasteiger partial charge in [0.1, 0.15) is 0 Å². The summed E-state index contributed by atoms with van der Waals surface area (Å²) in [5.74, 6) is 1.18. The largest absolute Gasteiger partial charge is 0.306 e. The van der Waals surface area contributed by atoms with Crippen LogP contribution < -0.4 is 4.72 Å². The van der Waals surface area contributed by atoms with Crippen molar-refractivity contribution in [1.82, 2.24) is 9.62 Å². The van der Waals surface area contributed by atoms with Gasteiger partial charge in [0, 0.05) is 6.04 Å². The standard InChI is InChI=1S/C9H18N2O2S/c1-11-5-3-7-8(4-6-11)9(7)10-14(2,12)13/h7-10H,3-6H2,1-2H3/t7-,8+,9?. The molecule has 0 amide bonds. The summed E-state index contributed by atoms with van der Waals surface area (Å²) in [7, 11) is -0.879. The van der Waals surface area contributed by atoms with E-state index in [0.717, 1.165) is 25.9 Å². The maximum absolute atomic E-state index is 11.1. The third-order valence-electron chi connectivity index (χ3n) is 3.37. The molecule has 2 rings (SSSR count). The van der Waals surface area contributed by atoms with Crippen LogP contribution in [-0.4, -0.2) is 45.8 Å². The SMILES string of the molecule is CN1CC[C@@H]2C(NS(C)(=O)=O)[C@@H]2CC1. The Morgan fingerprint density at radius 1 is 1.21 bits per heavy atom. The number of fused-ring (bicyclic) bond motifs is 1. The first-order valence-corrected chi connectivity index (χ1v) is 7.02. The van der Waals surface area contributed by atoms with Crippen LogP contribution >= 0.6 is 0 Å². The second kappa shape index (κ2) is 3.47. The molecule has 0 aromatic carbocycles. The number of sulfonamides is 1. The lowest BCUT2D eigenvalue weighted by Crippen LogP contribution is -2.29. The van der Waals surface area contributed by atoms with E-state index in [0.29, 0.717) is 11.8 Å². The molecular formula is C9H18N2O2S. The van der Waals surface area contributed by atoms with E-state index in [1.54, 1.807) is 0 Å². The molecule has 1 saturated carbocycles. The Kier molecular flexibility index (Phi) is 2.57. The van der Waals surface area contributed by atoms with E-state index in [9.17, 15) is 8.42 Å². The molecule has 0 spiro atoms. The minimum Gasteiger partial charge on any atom is -0.306 e. The van der Waals surface area contributed by atoms with Crippen molar-refractivity contribution >= 4 is 10.0 Å². The zero-order valence-corrected chi connectivity index (χ0v) is 9.55. The van der Waals surface area contributed by atoms with Gasteiger partial charge in [0.25, 0.3) is 0 Å². The summed E-state index contributed by atoms with van der Waals surface area (Å²) in [4.78, 5) is 2.32. The normalized spacial score (nSPS) is 38.9. The van der Waals surface area contributed by atoms with Crippen molar-refractivity contribution in [2.24, 2.45) is 11.8 Å². The maximum atomic E-state index is 11.1. The average Bonchev–Trinajstić information content (AvgIpc) is 2.70. The Morgan fingerprint density at radius 2 is 1.71 bits per heavy atom. The molecule has 0 aromatic heterocycles. The van der Waals surface area contributed by atoms with Gasteiger partial charge in [-0.1, -0.05) is 0 Å². The topological polar surface area (TPSA) is 49.4 Å². The van der Waals surface area contributed by atoms with Crippen LogP contribution in [0.2, 0.25) is 0 Å². The molecular weight excluding hydrogens is 200 g/mol. The maximum Gasteiger partial charge on any atom is 0.208 e. The van der Waals surface area contributed by atoms with Gasteiger partial charge in [-0.25, -0.2) is 13.1 Å². The van der Waals surface area contributed by atoms with Crippen molar-refractivity contribution in [3.63, 3.8) is 0 Å². The zero-order valence-electron chi connectivity index (χ0n) is 8.73. The first-order valence-electron chi connectivity index (χ1n) is 5.13. The van der Waals surface area contributed by atoms with Gasteiger partial charge in [0.05, 0.1) is 6.26 Å². The third-order valence-corrected chi connectivity index (χ3v) is 4.07. The molecule has 2 aliphatic rings. The minimum atomic E-state index is -3.01. The highest BCUT2D eigenvalue weighted by Crippen LogP contribution is 2.46. The van der Waals surface area contributed by atoms with Crippen molar-refractivity contribution in [1.29, 1.82) is 0 Å². The summed E-state index contributed by atoms with van der Waals surface area (Å²) < 4.78 is 24.8. The van der Waals surface area contributed by atoms with Crippen molar-refractivity contribution < 1.29 is 8.42 Å². The molecule has 0 aromatic rings. The summed E-state index contributed by atoms with van der Waals surface area (Å²) in [6.45, 7) is 2.20. The van der Waals surface area contributed by atoms with E-state index in [1.165, 1.54) is 6.26 Å². The van der Waals surface area contributed by atoms with Gasteiger partial charge in [0.2, 0.25) is 10.0 Å². The summed E-state index contributed by atoms with van der Waals surface area (Å²) >= 11 is 0. The van der Waals surface area contributed by atoms with Gasteiger partial charge < -0.3 is 4.90 Å². The molecule has 1 aliphatic carbocycles. The number of likely N-dealkylation sites (tertiary alicyclic amines) is 1. The van der Waals surface area contributed by atoms with Crippen LogP contribution in [0.25, 0.3) is 0 Å². The van der Waals surface area contributed by atoms with E-state index in [1.807, 2.05) is 0 Å². The second-order valence-corrected chi connectivity index (χ2v) is 6.40. The van der Waals surface area contributed by atoms with E-state index in [2.05, 4.69) is 16.7 Å². The molecule has 3 atom stereocenters. The number of hydrogen-bond donors (Lipinski definition) is 1. The van der Waals surface area contributed by atoms with Crippen LogP contribution in [0.1, 0.15) is 12.8 Å². The van der Waals surface area contributed by atoms with Crippen LogP contribution in [0.4, 0.5) is 0 Å². The molecule has 82 valence electrons. The fourth-order valence-corrected chi connectivity index (χ4v) is 3.35. The number of nitrogens with one attached hydrogen (secondary N) is 1. The highest BCUT2D eigenvalue weighted by molar-refractivity contribution is 7.88. The molecule has 0 radical (unpaired) electrons. The van der Waals surface area contributed by atoms with Crippen LogP contribution in [0.15, 0.2) is 0 Å². The molecule has 5 heteroatoms. The van der Waals surface area contributed by atoms with E-state index < -0.39 is 10.0 Å². The predicted octanol–water partition coefficient (Wildman–Crippen LogP) is -0.124. The average molecular weight is 218 g/mol. The fraction of sp³-hybridized carbons (Fsp3) is 1.00. The Bertz CT molecular complexity index is 301. The van der Waals surface area contributed by atoms with E-state index >= 15 is 0 Å².